The number of aryl methyl sites for hydroxylation is 2. The Balaban J connectivity index is 2.15. The van der Waals surface area contributed by atoms with Crippen molar-refractivity contribution in [1.29, 1.82) is 0 Å². The van der Waals surface area contributed by atoms with Crippen LogP contribution in [0.15, 0.2) is 12.4 Å². The summed E-state index contributed by atoms with van der Waals surface area (Å²) in [6.07, 6.45) is 44.5. The molecule has 0 saturated heterocycles. The lowest BCUT2D eigenvalue weighted by Crippen LogP contribution is -2.37. The van der Waals surface area contributed by atoms with E-state index in [2.05, 4.69) is 42.3 Å². The Hall–Kier alpha value is -0.790. The maximum atomic E-state index is 2.61. The average molecular weight is 532 g/mol. The first-order chi connectivity index (χ1) is 18.8. The first-order valence-corrected chi connectivity index (χ1v) is 17.9. The van der Waals surface area contributed by atoms with Crippen molar-refractivity contribution >= 4 is 0 Å². The average Bonchev–Trinajstić information content (AvgIpc) is 3.31. The SMILES string of the molecule is CCCCCCCCCCCCCCCCCCn1cc[n+](CCCCCC)c1CCCCCCCCC. The third kappa shape index (κ3) is 20.2. The van der Waals surface area contributed by atoms with E-state index in [-0.39, 0.29) is 0 Å². The molecule has 0 aliphatic heterocycles. The lowest BCUT2D eigenvalue weighted by Gasteiger charge is -2.07. The number of hydrogen-bond donors (Lipinski definition) is 0. The molecule has 0 bridgehead atoms. The van der Waals surface area contributed by atoms with Crippen LogP contribution < -0.4 is 4.57 Å². The molecule has 0 amide bonds. The van der Waals surface area contributed by atoms with Crippen molar-refractivity contribution in [3.63, 3.8) is 0 Å². The highest BCUT2D eigenvalue weighted by Crippen LogP contribution is 2.15. The molecule has 1 rings (SSSR count). The third-order valence-corrected chi connectivity index (χ3v) is 8.60. The molecule has 0 atom stereocenters. The van der Waals surface area contributed by atoms with E-state index in [0.29, 0.717) is 0 Å². The predicted octanol–water partition coefficient (Wildman–Crippen LogP) is 11.9. The number of hydrogen-bond acceptors (Lipinski definition) is 0. The minimum Gasteiger partial charge on any atom is -0.234 e. The van der Waals surface area contributed by atoms with Gasteiger partial charge in [-0.15, -0.1) is 0 Å². The van der Waals surface area contributed by atoms with Gasteiger partial charge in [-0.1, -0.05) is 162 Å². The summed E-state index contributed by atoms with van der Waals surface area (Å²) < 4.78 is 5.21. The Morgan fingerprint density at radius 3 is 1.26 bits per heavy atom. The van der Waals surface area contributed by atoms with Crippen LogP contribution in [0.2, 0.25) is 0 Å². The van der Waals surface area contributed by atoms with Gasteiger partial charge in [0, 0.05) is 6.42 Å². The van der Waals surface area contributed by atoms with Gasteiger partial charge in [-0.25, -0.2) is 9.13 Å². The fourth-order valence-electron chi connectivity index (χ4n) is 5.97. The van der Waals surface area contributed by atoms with Crippen LogP contribution in [0, 0.1) is 0 Å². The first-order valence-electron chi connectivity index (χ1n) is 17.9. The zero-order chi connectivity index (χ0) is 27.4. The Kier molecular flexibility index (Phi) is 25.7. The quantitative estimate of drug-likeness (QED) is 0.0689. The third-order valence-electron chi connectivity index (χ3n) is 8.60. The zero-order valence-electron chi connectivity index (χ0n) is 26.8. The minimum atomic E-state index is 1.22. The molecule has 0 aromatic carbocycles. The smallest absolute Gasteiger partial charge is 0.234 e. The fraction of sp³-hybridized carbons (Fsp3) is 0.917. The highest BCUT2D eigenvalue weighted by atomic mass is 15.1. The Bertz CT molecular complexity index is 590. The maximum absolute atomic E-state index is 2.61. The molecule has 1 heterocycles. The highest BCUT2D eigenvalue weighted by Gasteiger charge is 2.16. The van der Waals surface area contributed by atoms with Gasteiger partial charge in [0.1, 0.15) is 12.4 Å². The van der Waals surface area contributed by atoms with Gasteiger partial charge in [0.15, 0.2) is 0 Å². The zero-order valence-corrected chi connectivity index (χ0v) is 26.8. The van der Waals surface area contributed by atoms with E-state index in [1.165, 1.54) is 193 Å². The molecule has 1 aromatic heterocycles. The van der Waals surface area contributed by atoms with Crippen LogP contribution in [-0.4, -0.2) is 4.57 Å². The normalized spacial score (nSPS) is 11.6. The van der Waals surface area contributed by atoms with Crippen LogP contribution in [0.25, 0.3) is 0 Å². The Morgan fingerprint density at radius 2 is 0.816 bits per heavy atom. The summed E-state index contributed by atoms with van der Waals surface area (Å²) in [7, 11) is 0. The van der Waals surface area contributed by atoms with Gasteiger partial charge in [-0.3, -0.25) is 0 Å². The standard InChI is InChI=1S/C36H71N2/c1-4-7-10-13-15-16-17-18-19-20-21-22-23-25-27-30-33-38-35-34-37(32-29-12-9-6-3)36(38)31-28-26-24-14-11-8-5-2/h34-35H,4-33H2,1-3H3/q+1. The molecular formula is C36H71N2+. The lowest BCUT2D eigenvalue weighted by atomic mass is 10.0. The summed E-state index contributed by atoms with van der Waals surface area (Å²) in [5.41, 5.74) is 0. The molecule has 38 heavy (non-hydrogen) atoms. The summed E-state index contributed by atoms with van der Waals surface area (Å²) in [5.74, 6) is 1.61. The second-order valence-electron chi connectivity index (χ2n) is 12.3. The van der Waals surface area contributed by atoms with Gasteiger partial charge in [0.05, 0.1) is 13.1 Å². The number of imidazole rings is 1. The number of rotatable bonds is 30. The van der Waals surface area contributed by atoms with E-state index in [1.54, 1.807) is 5.82 Å². The van der Waals surface area contributed by atoms with Gasteiger partial charge in [-0.05, 0) is 32.1 Å². The molecule has 0 aliphatic carbocycles. The van der Waals surface area contributed by atoms with Gasteiger partial charge < -0.3 is 0 Å². The van der Waals surface area contributed by atoms with Crippen LogP contribution in [0.3, 0.4) is 0 Å². The van der Waals surface area contributed by atoms with Crippen molar-refractivity contribution in [2.45, 2.75) is 214 Å². The highest BCUT2D eigenvalue weighted by molar-refractivity contribution is 4.84. The second kappa shape index (κ2) is 27.8. The molecule has 1 aromatic rings. The maximum Gasteiger partial charge on any atom is 0.256 e. The Morgan fingerprint density at radius 1 is 0.447 bits per heavy atom. The minimum absolute atomic E-state index is 1.22. The number of aromatic nitrogens is 2. The van der Waals surface area contributed by atoms with Crippen molar-refractivity contribution in [2.75, 3.05) is 0 Å². The molecule has 0 N–H and O–H groups in total. The van der Waals surface area contributed by atoms with E-state index < -0.39 is 0 Å². The predicted molar refractivity (Wildman–Crippen MR) is 170 cm³/mol. The summed E-state index contributed by atoms with van der Waals surface area (Å²) in [6, 6.07) is 0. The number of nitrogens with zero attached hydrogens (tertiary/aromatic N) is 2. The second-order valence-corrected chi connectivity index (χ2v) is 12.3. The van der Waals surface area contributed by atoms with Gasteiger partial charge in [-0.2, -0.15) is 0 Å². The molecule has 2 nitrogen and oxygen atoms in total. The van der Waals surface area contributed by atoms with Crippen molar-refractivity contribution in [3.8, 4) is 0 Å². The monoisotopic (exact) mass is 532 g/mol. The van der Waals surface area contributed by atoms with E-state index in [0.717, 1.165) is 0 Å². The van der Waals surface area contributed by atoms with Gasteiger partial charge in [0.25, 0.3) is 5.82 Å². The fourth-order valence-corrected chi connectivity index (χ4v) is 5.97. The molecule has 0 saturated carbocycles. The topological polar surface area (TPSA) is 8.81 Å². The lowest BCUT2D eigenvalue weighted by molar-refractivity contribution is -0.704. The molecule has 0 aliphatic rings. The van der Waals surface area contributed by atoms with Crippen LogP contribution >= 0.6 is 0 Å². The molecule has 224 valence electrons. The van der Waals surface area contributed by atoms with E-state index in [1.807, 2.05) is 0 Å². The van der Waals surface area contributed by atoms with E-state index >= 15 is 0 Å². The van der Waals surface area contributed by atoms with Crippen molar-refractivity contribution in [2.24, 2.45) is 0 Å². The summed E-state index contributed by atoms with van der Waals surface area (Å²) in [6.45, 7) is 9.38. The van der Waals surface area contributed by atoms with Crippen LogP contribution in [0.4, 0.5) is 0 Å². The first kappa shape index (κ1) is 35.2. The van der Waals surface area contributed by atoms with E-state index in [4.69, 9.17) is 0 Å². The van der Waals surface area contributed by atoms with Gasteiger partial charge >= 0.3 is 0 Å². The van der Waals surface area contributed by atoms with Crippen molar-refractivity contribution in [1.82, 2.24) is 4.57 Å². The molecule has 2 heteroatoms. The van der Waals surface area contributed by atoms with Gasteiger partial charge in [0.2, 0.25) is 0 Å². The van der Waals surface area contributed by atoms with Crippen molar-refractivity contribution < 1.29 is 4.57 Å². The number of unbranched alkanes of at least 4 members (excludes halogenated alkanes) is 24. The summed E-state index contributed by atoms with van der Waals surface area (Å²) >= 11 is 0. The summed E-state index contributed by atoms with van der Waals surface area (Å²) in [4.78, 5) is 0. The Labute approximate surface area is 240 Å². The molecule has 0 spiro atoms. The van der Waals surface area contributed by atoms with Crippen LogP contribution in [0.5, 0.6) is 0 Å². The molecule has 0 radical (unpaired) electrons. The van der Waals surface area contributed by atoms with Crippen LogP contribution in [0.1, 0.15) is 200 Å². The van der Waals surface area contributed by atoms with Crippen molar-refractivity contribution in [3.05, 3.63) is 18.2 Å². The molecule has 0 fully saturated rings. The van der Waals surface area contributed by atoms with E-state index in [9.17, 15) is 0 Å². The largest absolute Gasteiger partial charge is 0.256 e. The summed E-state index contributed by atoms with van der Waals surface area (Å²) in [5, 5.41) is 0. The molecular weight excluding hydrogens is 460 g/mol. The van der Waals surface area contributed by atoms with Crippen LogP contribution in [-0.2, 0) is 19.5 Å². The molecule has 0 unspecified atom stereocenters.